The van der Waals surface area contributed by atoms with Crippen molar-refractivity contribution >= 4 is 15.5 Å². The smallest absolute Gasteiger partial charge is 0.175 e. The Hall–Kier alpha value is -1.82. The summed E-state index contributed by atoms with van der Waals surface area (Å²) in [5.41, 5.74) is 1.82. The third kappa shape index (κ3) is 3.60. The van der Waals surface area contributed by atoms with E-state index in [1.54, 1.807) is 24.3 Å². The van der Waals surface area contributed by atoms with Crippen LogP contribution >= 0.6 is 0 Å². The minimum absolute atomic E-state index is 0.326. The zero-order valence-electron chi connectivity index (χ0n) is 11.9. The van der Waals surface area contributed by atoms with Gasteiger partial charge in [0.2, 0.25) is 0 Å². The van der Waals surface area contributed by atoms with Gasteiger partial charge in [-0.05, 0) is 44.2 Å². The Balaban J connectivity index is 2.00. The van der Waals surface area contributed by atoms with Gasteiger partial charge in [0.15, 0.2) is 9.84 Å². The second-order valence-corrected chi connectivity index (χ2v) is 7.05. The molecule has 0 saturated carbocycles. The maximum Gasteiger partial charge on any atom is 0.175 e. The average molecular weight is 293 g/mol. The molecular formula is C14H19N3O2S. The lowest BCUT2D eigenvalue weighted by molar-refractivity contribution is 0.527. The third-order valence-corrected chi connectivity index (χ3v) is 4.08. The molecule has 108 valence electrons. The molecule has 2 rings (SSSR count). The Morgan fingerprint density at radius 1 is 1.20 bits per heavy atom. The summed E-state index contributed by atoms with van der Waals surface area (Å²) >= 11 is 0. The van der Waals surface area contributed by atoms with Gasteiger partial charge in [-0.15, -0.1) is 0 Å². The normalized spacial score (nSPS) is 11.8. The lowest BCUT2D eigenvalue weighted by Gasteiger charge is -2.06. The summed E-state index contributed by atoms with van der Waals surface area (Å²) in [5.74, 6) is 0. The summed E-state index contributed by atoms with van der Waals surface area (Å²) in [7, 11) is -3.14. The van der Waals surface area contributed by atoms with E-state index in [2.05, 4.69) is 24.3 Å². The largest absolute Gasteiger partial charge is 0.379 e. The first-order chi connectivity index (χ1) is 9.36. The first-order valence-electron chi connectivity index (χ1n) is 6.44. The summed E-state index contributed by atoms with van der Waals surface area (Å²) < 4.78 is 24.6. The van der Waals surface area contributed by atoms with Gasteiger partial charge < -0.3 is 5.32 Å². The molecule has 1 heterocycles. The quantitative estimate of drug-likeness (QED) is 0.920. The molecule has 1 N–H and O–H groups in total. The predicted molar refractivity (Wildman–Crippen MR) is 79.5 cm³/mol. The first kappa shape index (κ1) is 14.6. The highest BCUT2D eigenvalue weighted by Crippen LogP contribution is 2.14. The van der Waals surface area contributed by atoms with Crippen molar-refractivity contribution in [2.75, 3.05) is 11.6 Å². The molecule has 0 spiro atoms. The van der Waals surface area contributed by atoms with Crippen LogP contribution in [-0.2, 0) is 16.4 Å². The van der Waals surface area contributed by atoms with Crippen LogP contribution in [0.2, 0.25) is 0 Å². The Bertz CT molecular complexity index is 673. The van der Waals surface area contributed by atoms with E-state index in [1.807, 2.05) is 16.9 Å². The van der Waals surface area contributed by atoms with Crippen LogP contribution in [-0.4, -0.2) is 24.5 Å². The lowest BCUT2D eigenvalue weighted by Crippen LogP contribution is -2.05. The maximum absolute atomic E-state index is 11.4. The standard InChI is InChI=1S/C14H19N3O2S/c1-11(2)17-9-8-13(16-17)10-15-12-4-6-14(7-5-12)20(3,18)19/h4-9,11,15H,10H2,1-3H3. The number of benzene rings is 1. The molecule has 0 saturated heterocycles. The number of rotatable bonds is 5. The SMILES string of the molecule is CC(C)n1ccc(CNc2ccc(S(C)(=O)=O)cc2)n1. The number of aromatic nitrogens is 2. The van der Waals surface area contributed by atoms with Crippen molar-refractivity contribution in [3.63, 3.8) is 0 Å². The average Bonchev–Trinajstić information content (AvgIpc) is 2.85. The van der Waals surface area contributed by atoms with E-state index < -0.39 is 9.84 Å². The highest BCUT2D eigenvalue weighted by atomic mass is 32.2. The van der Waals surface area contributed by atoms with E-state index in [-0.39, 0.29) is 0 Å². The van der Waals surface area contributed by atoms with Crippen LogP contribution in [0.15, 0.2) is 41.4 Å². The van der Waals surface area contributed by atoms with Gasteiger partial charge >= 0.3 is 0 Å². The number of nitrogens with one attached hydrogen (secondary N) is 1. The number of nitrogens with zero attached hydrogens (tertiary/aromatic N) is 2. The predicted octanol–water partition coefficient (Wildman–Crippen LogP) is 2.48. The van der Waals surface area contributed by atoms with Gasteiger partial charge in [0.1, 0.15) is 0 Å². The topological polar surface area (TPSA) is 64.0 Å². The Morgan fingerprint density at radius 2 is 1.85 bits per heavy atom. The molecule has 0 unspecified atom stereocenters. The van der Waals surface area contributed by atoms with Crippen LogP contribution in [0.5, 0.6) is 0 Å². The van der Waals surface area contributed by atoms with Crippen molar-refractivity contribution in [2.24, 2.45) is 0 Å². The first-order valence-corrected chi connectivity index (χ1v) is 8.33. The minimum Gasteiger partial charge on any atom is -0.379 e. The van der Waals surface area contributed by atoms with Gasteiger partial charge in [-0.1, -0.05) is 0 Å². The summed E-state index contributed by atoms with van der Waals surface area (Å²) in [6.45, 7) is 4.76. The molecule has 0 bridgehead atoms. The fraction of sp³-hybridized carbons (Fsp3) is 0.357. The fourth-order valence-corrected chi connectivity index (χ4v) is 2.40. The van der Waals surface area contributed by atoms with E-state index in [0.29, 0.717) is 17.5 Å². The number of anilines is 1. The fourth-order valence-electron chi connectivity index (χ4n) is 1.77. The minimum atomic E-state index is -3.14. The summed E-state index contributed by atoms with van der Waals surface area (Å²) in [6, 6.07) is 9.04. The molecule has 0 aliphatic heterocycles. The van der Waals surface area contributed by atoms with E-state index in [9.17, 15) is 8.42 Å². The second kappa shape index (κ2) is 5.66. The Kier molecular flexibility index (Phi) is 4.13. The van der Waals surface area contributed by atoms with Gasteiger partial charge in [0.25, 0.3) is 0 Å². The van der Waals surface area contributed by atoms with E-state index in [0.717, 1.165) is 11.4 Å². The van der Waals surface area contributed by atoms with Crippen LogP contribution in [0.25, 0.3) is 0 Å². The second-order valence-electron chi connectivity index (χ2n) is 5.03. The molecule has 1 aromatic heterocycles. The molecule has 0 amide bonds. The van der Waals surface area contributed by atoms with Crippen LogP contribution in [0.1, 0.15) is 25.6 Å². The zero-order chi connectivity index (χ0) is 14.8. The highest BCUT2D eigenvalue weighted by molar-refractivity contribution is 7.90. The molecule has 0 aliphatic carbocycles. The monoisotopic (exact) mass is 293 g/mol. The van der Waals surface area contributed by atoms with Crippen LogP contribution < -0.4 is 5.32 Å². The Morgan fingerprint density at radius 3 is 2.35 bits per heavy atom. The van der Waals surface area contributed by atoms with Crippen LogP contribution in [0, 0.1) is 0 Å². The number of hydrogen-bond donors (Lipinski definition) is 1. The van der Waals surface area contributed by atoms with E-state index in [4.69, 9.17) is 0 Å². The number of hydrogen-bond acceptors (Lipinski definition) is 4. The van der Waals surface area contributed by atoms with Crippen molar-refractivity contribution in [1.82, 2.24) is 9.78 Å². The molecule has 2 aromatic rings. The van der Waals surface area contributed by atoms with Crippen molar-refractivity contribution in [3.05, 3.63) is 42.2 Å². The molecule has 0 radical (unpaired) electrons. The molecule has 0 atom stereocenters. The molecule has 1 aromatic carbocycles. The van der Waals surface area contributed by atoms with Crippen molar-refractivity contribution in [1.29, 1.82) is 0 Å². The van der Waals surface area contributed by atoms with Gasteiger partial charge in [0.05, 0.1) is 17.1 Å². The van der Waals surface area contributed by atoms with Gasteiger partial charge in [0, 0.05) is 24.2 Å². The molecule has 20 heavy (non-hydrogen) atoms. The molecule has 0 aliphatic rings. The summed E-state index contributed by atoms with van der Waals surface area (Å²) in [6.07, 6.45) is 3.16. The highest BCUT2D eigenvalue weighted by Gasteiger charge is 2.06. The third-order valence-electron chi connectivity index (χ3n) is 2.95. The van der Waals surface area contributed by atoms with Crippen molar-refractivity contribution in [2.45, 2.75) is 31.3 Å². The summed E-state index contributed by atoms with van der Waals surface area (Å²) in [5, 5.41) is 7.66. The molecule has 0 fully saturated rings. The van der Waals surface area contributed by atoms with Gasteiger partial charge in [-0.2, -0.15) is 5.10 Å². The number of sulfone groups is 1. The van der Waals surface area contributed by atoms with Gasteiger partial charge in [-0.25, -0.2) is 8.42 Å². The van der Waals surface area contributed by atoms with Gasteiger partial charge in [-0.3, -0.25) is 4.68 Å². The maximum atomic E-state index is 11.4. The molecular weight excluding hydrogens is 274 g/mol. The zero-order valence-corrected chi connectivity index (χ0v) is 12.7. The van der Waals surface area contributed by atoms with E-state index in [1.165, 1.54) is 6.26 Å². The molecule has 5 nitrogen and oxygen atoms in total. The lowest BCUT2D eigenvalue weighted by atomic mass is 10.3. The summed E-state index contributed by atoms with van der Waals surface area (Å²) in [4.78, 5) is 0.326. The van der Waals surface area contributed by atoms with Crippen molar-refractivity contribution in [3.8, 4) is 0 Å². The van der Waals surface area contributed by atoms with Crippen molar-refractivity contribution < 1.29 is 8.42 Å². The Labute approximate surface area is 119 Å². The van der Waals surface area contributed by atoms with Crippen LogP contribution in [0.4, 0.5) is 5.69 Å². The van der Waals surface area contributed by atoms with Crippen LogP contribution in [0.3, 0.4) is 0 Å². The van der Waals surface area contributed by atoms with E-state index >= 15 is 0 Å². The molecule has 6 heteroatoms.